The van der Waals surface area contributed by atoms with Gasteiger partial charge >= 0.3 is 0 Å². The van der Waals surface area contributed by atoms with Crippen LogP contribution in [0.4, 0.5) is 0 Å². The van der Waals surface area contributed by atoms with Gasteiger partial charge in [-0.2, -0.15) is 0 Å². The quantitative estimate of drug-likeness (QED) is 0.207. The van der Waals surface area contributed by atoms with E-state index in [9.17, 15) is 0 Å². The molecule has 3 heterocycles. The maximum absolute atomic E-state index is 6.68. The number of hydrogen-bond donors (Lipinski definition) is 0. The second kappa shape index (κ2) is 10.2. The molecule has 0 spiro atoms. The minimum absolute atomic E-state index is 0.906. The second-order valence-electron chi connectivity index (χ2n) is 11.4. The van der Waals surface area contributed by atoms with Crippen LogP contribution in [0.3, 0.4) is 0 Å². The molecule has 0 bridgehead atoms. The zero-order valence-corrected chi connectivity index (χ0v) is 24.8. The Morgan fingerprint density at radius 2 is 1.39 bits per heavy atom. The third kappa shape index (κ3) is 4.12. The maximum Gasteiger partial charge on any atom is 0.131 e. The molecular formula is C41H27NOS. The van der Waals surface area contributed by atoms with Gasteiger partial charge in [-0.1, -0.05) is 91.0 Å². The van der Waals surface area contributed by atoms with Crippen molar-refractivity contribution in [1.82, 2.24) is 4.98 Å². The number of rotatable bonds is 3. The van der Waals surface area contributed by atoms with Crippen LogP contribution in [0.5, 0.6) is 5.75 Å². The normalized spacial score (nSPS) is 13.1. The summed E-state index contributed by atoms with van der Waals surface area (Å²) in [5, 5.41) is 6.27. The summed E-state index contributed by atoms with van der Waals surface area (Å²) in [7, 11) is 0. The van der Waals surface area contributed by atoms with Crippen LogP contribution >= 0.6 is 11.3 Å². The molecule has 0 fully saturated rings. The lowest BCUT2D eigenvalue weighted by Crippen LogP contribution is -1.96. The molecule has 1 aliphatic heterocycles. The van der Waals surface area contributed by atoms with Crippen LogP contribution in [0, 0.1) is 0 Å². The molecule has 0 saturated heterocycles. The Morgan fingerprint density at radius 3 is 2.32 bits per heavy atom. The predicted molar refractivity (Wildman–Crippen MR) is 186 cm³/mol. The van der Waals surface area contributed by atoms with Gasteiger partial charge in [0.15, 0.2) is 0 Å². The van der Waals surface area contributed by atoms with E-state index in [4.69, 9.17) is 4.74 Å². The second-order valence-corrected chi connectivity index (χ2v) is 12.5. The van der Waals surface area contributed by atoms with Crippen LogP contribution in [0.15, 0.2) is 140 Å². The minimum Gasteiger partial charge on any atom is -0.457 e. The number of aryl methyl sites for hydroxylation is 1. The lowest BCUT2D eigenvalue weighted by atomic mass is 9.91. The summed E-state index contributed by atoms with van der Waals surface area (Å²) in [6, 6.07) is 46.0. The molecule has 0 aliphatic carbocycles. The highest BCUT2D eigenvalue weighted by molar-refractivity contribution is 7.26. The summed E-state index contributed by atoms with van der Waals surface area (Å²) in [5.41, 5.74) is 8.24. The van der Waals surface area contributed by atoms with Crippen molar-refractivity contribution >= 4 is 58.9 Å². The fourth-order valence-corrected chi connectivity index (χ4v) is 7.92. The number of allylic oxidation sites excluding steroid dienone is 1. The summed E-state index contributed by atoms with van der Waals surface area (Å²) in [5.74, 6) is 1.84. The van der Waals surface area contributed by atoms with E-state index in [1.165, 1.54) is 53.2 Å². The average Bonchev–Trinajstić information content (AvgIpc) is 3.33. The molecule has 0 amide bonds. The Bertz CT molecular complexity index is 2430. The molecule has 0 N–H and O–H groups in total. The number of pyridine rings is 1. The lowest BCUT2D eigenvalue weighted by molar-refractivity contribution is 0.513. The highest BCUT2D eigenvalue weighted by Crippen LogP contribution is 2.44. The van der Waals surface area contributed by atoms with Crippen molar-refractivity contribution < 1.29 is 4.74 Å². The number of nitrogens with zero attached hydrogens (tertiary/aromatic N) is 1. The molecule has 8 aromatic rings. The smallest absolute Gasteiger partial charge is 0.131 e. The number of benzene rings is 6. The van der Waals surface area contributed by atoms with Gasteiger partial charge in [0.25, 0.3) is 0 Å². The topological polar surface area (TPSA) is 22.1 Å². The first kappa shape index (κ1) is 25.3. The highest BCUT2D eigenvalue weighted by Gasteiger charge is 2.18. The van der Waals surface area contributed by atoms with Crippen molar-refractivity contribution in [2.24, 2.45) is 0 Å². The Morgan fingerprint density at radius 1 is 0.591 bits per heavy atom. The van der Waals surface area contributed by atoms with Gasteiger partial charge in [-0.15, -0.1) is 11.3 Å². The van der Waals surface area contributed by atoms with Gasteiger partial charge in [0.1, 0.15) is 11.5 Å². The largest absolute Gasteiger partial charge is 0.457 e. The van der Waals surface area contributed by atoms with Gasteiger partial charge in [-0.3, -0.25) is 4.98 Å². The van der Waals surface area contributed by atoms with E-state index in [1.54, 1.807) is 0 Å². The van der Waals surface area contributed by atoms with Crippen molar-refractivity contribution in [3.63, 3.8) is 0 Å². The first-order valence-electron chi connectivity index (χ1n) is 15.1. The number of hydrogen-bond acceptors (Lipinski definition) is 3. The molecule has 0 saturated carbocycles. The molecule has 0 radical (unpaired) electrons. The van der Waals surface area contributed by atoms with Crippen LogP contribution in [-0.2, 0) is 6.42 Å². The molecule has 0 atom stereocenters. The first-order chi connectivity index (χ1) is 21.8. The lowest BCUT2D eigenvalue weighted by Gasteiger charge is -2.16. The fraction of sp³-hybridized carbons (Fsp3) is 0.0488. The van der Waals surface area contributed by atoms with E-state index in [-0.39, 0.29) is 0 Å². The maximum atomic E-state index is 6.68. The Kier molecular flexibility index (Phi) is 5.85. The van der Waals surface area contributed by atoms with Crippen LogP contribution in [-0.4, -0.2) is 4.98 Å². The molecule has 2 nitrogen and oxygen atoms in total. The Hall–Kier alpha value is -5.25. The van der Waals surface area contributed by atoms with Crippen molar-refractivity contribution in [3.8, 4) is 28.0 Å². The van der Waals surface area contributed by atoms with Crippen LogP contribution < -0.4 is 4.74 Å². The third-order valence-corrected chi connectivity index (χ3v) is 10.1. The molecule has 208 valence electrons. The minimum atomic E-state index is 0.906. The van der Waals surface area contributed by atoms with Gasteiger partial charge < -0.3 is 4.74 Å². The fourth-order valence-electron chi connectivity index (χ4n) is 6.69. The number of thiophene rings is 1. The van der Waals surface area contributed by atoms with Gasteiger partial charge in [-0.25, -0.2) is 0 Å². The summed E-state index contributed by atoms with van der Waals surface area (Å²) >= 11 is 1.88. The first-order valence-corrected chi connectivity index (χ1v) is 15.9. The Labute approximate surface area is 259 Å². The van der Waals surface area contributed by atoms with Gasteiger partial charge in [0.2, 0.25) is 0 Å². The number of fused-ring (bicyclic) bond motifs is 6. The molecule has 2 aromatic heterocycles. The summed E-state index contributed by atoms with van der Waals surface area (Å²) in [4.78, 5) is 4.48. The summed E-state index contributed by atoms with van der Waals surface area (Å²) in [6.45, 7) is 0. The molecule has 0 unspecified atom stereocenters. The van der Waals surface area contributed by atoms with E-state index in [1.807, 2.05) is 23.6 Å². The zero-order chi connectivity index (χ0) is 29.0. The molecular weight excluding hydrogens is 555 g/mol. The van der Waals surface area contributed by atoms with Crippen molar-refractivity contribution in [2.45, 2.75) is 12.8 Å². The van der Waals surface area contributed by atoms with E-state index >= 15 is 0 Å². The molecule has 9 rings (SSSR count). The van der Waals surface area contributed by atoms with E-state index in [0.29, 0.717) is 0 Å². The van der Waals surface area contributed by atoms with Crippen molar-refractivity contribution in [2.75, 3.05) is 0 Å². The van der Waals surface area contributed by atoms with Crippen LogP contribution in [0.1, 0.15) is 17.5 Å². The predicted octanol–water partition coefficient (Wildman–Crippen LogP) is 11.5. The summed E-state index contributed by atoms with van der Waals surface area (Å²) < 4.78 is 9.35. The van der Waals surface area contributed by atoms with Crippen LogP contribution in [0.2, 0.25) is 0 Å². The molecule has 3 heteroatoms. The van der Waals surface area contributed by atoms with E-state index in [2.05, 4.69) is 132 Å². The van der Waals surface area contributed by atoms with Gasteiger partial charge in [-0.05, 0) is 88.3 Å². The molecule has 1 aliphatic rings. The standard InChI is InChI=1S/C41H27NOS/c1-2-11-32-31(10-1)30(20-21-33(32)35-13-6-14-36-34-12-3-4-16-40(34)44-41(35)36)27-18-17-26-8-5-15-38(43-39(26)25-27)29-19-22-37-28(24-29)9-7-23-42-37/h1-4,6-7,9-25H,5,8H2. The van der Waals surface area contributed by atoms with E-state index < -0.39 is 0 Å². The SMILES string of the molecule is C1=C(c2ccc3ncccc3c2)Oc2cc(-c3ccc(-c4cccc5c4sc4ccccc45)c4ccccc34)ccc2CC1. The number of aromatic nitrogens is 1. The highest BCUT2D eigenvalue weighted by atomic mass is 32.1. The van der Waals surface area contributed by atoms with Gasteiger partial charge in [0.05, 0.1) is 5.52 Å². The third-order valence-electron chi connectivity index (χ3n) is 8.85. The number of ether oxygens (including phenoxy) is 1. The summed E-state index contributed by atoms with van der Waals surface area (Å²) in [6.07, 6.45) is 5.94. The van der Waals surface area contributed by atoms with Crippen molar-refractivity contribution in [3.05, 3.63) is 151 Å². The van der Waals surface area contributed by atoms with Crippen molar-refractivity contribution in [1.29, 1.82) is 0 Å². The van der Waals surface area contributed by atoms with E-state index in [0.717, 1.165) is 46.4 Å². The van der Waals surface area contributed by atoms with Crippen LogP contribution in [0.25, 0.3) is 69.9 Å². The monoisotopic (exact) mass is 581 g/mol. The average molecular weight is 582 g/mol. The molecule has 44 heavy (non-hydrogen) atoms. The Balaban J connectivity index is 1.14. The van der Waals surface area contributed by atoms with Gasteiger partial charge in [0, 0.05) is 42.9 Å². The zero-order valence-electron chi connectivity index (χ0n) is 24.0. The molecule has 6 aromatic carbocycles.